The zero-order valence-electron chi connectivity index (χ0n) is 10.2. The number of anilines is 1. The van der Waals surface area contributed by atoms with Crippen molar-refractivity contribution in [2.24, 2.45) is 0 Å². The highest BCUT2D eigenvalue weighted by Gasteiger charge is 2.27. The summed E-state index contributed by atoms with van der Waals surface area (Å²) < 4.78 is 7.07. The molecule has 3 rings (SSSR count). The van der Waals surface area contributed by atoms with E-state index in [0.717, 1.165) is 24.3 Å². The molecule has 2 aromatic heterocycles. The van der Waals surface area contributed by atoms with E-state index >= 15 is 0 Å². The van der Waals surface area contributed by atoms with Gasteiger partial charge in [-0.2, -0.15) is 0 Å². The lowest BCUT2D eigenvalue weighted by molar-refractivity contribution is 0.0378. The van der Waals surface area contributed by atoms with Gasteiger partial charge in [0.25, 0.3) is 0 Å². The van der Waals surface area contributed by atoms with Crippen LogP contribution >= 0.6 is 27.3 Å². The lowest BCUT2D eigenvalue weighted by Gasteiger charge is -2.38. The summed E-state index contributed by atoms with van der Waals surface area (Å²) in [7, 11) is 0. The van der Waals surface area contributed by atoms with Crippen LogP contribution in [-0.2, 0) is 4.74 Å². The van der Waals surface area contributed by atoms with Crippen LogP contribution in [0.2, 0.25) is 0 Å². The number of morpholine rings is 1. The maximum Gasteiger partial charge on any atom is 0.137 e. The maximum atomic E-state index is 5.77. The number of thiophene rings is 1. The van der Waals surface area contributed by atoms with Gasteiger partial charge in [0.1, 0.15) is 5.82 Å². The van der Waals surface area contributed by atoms with Crippen LogP contribution < -0.4 is 4.90 Å². The summed E-state index contributed by atoms with van der Waals surface area (Å²) in [6, 6.07) is 4.61. The standard InChI is InChI=1S/C13H15BrN2OS/c1-9-8-17-10(6-14)7-16(9)13-11-3-5-18-12(11)2-4-15-13/h2-5,9-10H,6-8H2,1H3. The summed E-state index contributed by atoms with van der Waals surface area (Å²) in [6.07, 6.45) is 2.15. The number of fused-ring (bicyclic) bond motifs is 1. The van der Waals surface area contributed by atoms with Crippen LogP contribution in [0.15, 0.2) is 23.7 Å². The normalized spacial score (nSPS) is 24.7. The topological polar surface area (TPSA) is 25.4 Å². The smallest absolute Gasteiger partial charge is 0.137 e. The molecule has 5 heteroatoms. The molecule has 0 aliphatic carbocycles. The summed E-state index contributed by atoms with van der Waals surface area (Å²) in [6.45, 7) is 3.85. The average Bonchev–Trinajstić information content (AvgIpc) is 2.87. The van der Waals surface area contributed by atoms with Crippen molar-refractivity contribution >= 4 is 43.2 Å². The molecule has 3 heterocycles. The van der Waals surface area contributed by atoms with Gasteiger partial charge in [-0.15, -0.1) is 11.3 Å². The van der Waals surface area contributed by atoms with E-state index in [1.165, 1.54) is 10.1 Å². The van der Waals surface area contributed by atoms with Gasteiger partial charge in [-0.3, -0.25) is 0 Å². The van der Waals surface area contributed by atoms with Crippen molar-refractivity contribution in [1.29, 1.82) is 0 Å². The number of halogens is 1. The molecular formula is C13H15BrN2OS. The van der Waals surface area contributed by atoms with Crippen molar-refractivity contribution < 1.29 is 4.74 Å². The van der Waals surface area contributed by atoms with Crippen molar-refractivity contribution in [1.82, 2.24) is 4.98 Å². The third kappa shape index (κ3) is 2.15. The number of rotatable bonds is 2. The fourth-order valence-corrected chi connectivity index (χ4v) is 3.48. The minimum absolute atomic E-state index is 0.247. The van der Waals surface area contributed by atoms with Gasteiger partial charge in [0.15, 0.2) is 0 Å². The first-order valence-electron chi connectivity index (χ1n) is 6.06. The van der Waals surface area contributed by atoms with Crippen LogP contribution in [0, 0.1) is 0 Å². The number of nitrogens with zero attached hydrogens (tertiary/aromatic N) is 2. The number of pyridine rings is 1. The molecule has 2 unspecified atom stereocenters. The minimum Gasteiger partial charge on any atom is -0.373 e. The van der Waals surface area contributed by atoms with Gasteiger partial charge < -0.3 is 9.64 Å². The van der Waals surface area contributed by atoms with E-state index < -0.39 is 0 Å². The predicted octanol–water partition coefficient (Wildman–Crippen LogP) is 3.28. The molecule has 1 aliphatic rings. The van der Waals surface area contributed by atoms with Gasteiger partial charge in [-0.05, 0) is 24.4 Å². The van der Waals surface area contributed by atoms with Crippen molar-refractivity contribution in [3.8, 4) is 0 Å². The van der Waals surface area contributed by atoms with E-state index in [4.69, 9.17) is 4.74 Å². The molecular weight excluding hydrogens is 312 g/mol. The van der Waals surface area contributed by atoms with Crippen molar-refractivity contribution in [2.75, 3.05) is 23.4 Å². The number of alkyl halides is 1. The molecule has 0 N–H and O–H groups in total. The van der Waals surface area contributed by atoms with Crippen molar-refractivity contribution in [3.63, 3.8) is 0 Å². The Morgan fingerprint density at radius 1 is 1.56 bits per heavy atom. The summed E-state index contributed by atoms with van der Waals surface area (Å²) in [5.74, 6) is 1.09. The Bertz CT molecular complexity index is 545. The fraction of sp³-hybridized carbons (Fsp3) is 0.462. The Hall–Kier alpha value is -0.650. The highest BCUT2D eigenvalue weighted by atomic mass is 79.9. The molecule has 1 aliphatic heterocycles. The molecule has 0 radical (unpaired) electrons. The molecule has 0 spiro atoms. The number of hydrogen-bond donors (Lipinski definition) is 0. The third-order valence-electron chi connectivity index (χ3n) is 3.31. The van der Waals surface area contributed by atoms with Gasteiger partial charge >= 0.3 is 0 Å². The van der Waals surface area contributed by atoms with Crippen LogP contribution in [0.3, 0.4) is 0 Å². The Kier molecular flexibility index (Phi) is 3.54. The minimum atomic E-state index is 0.247. The van der Waals surface area contributed by atoms with Crippen LogP contribution in [0.4, 0.5) is 5.82 Å². The molecule has 2 aromatic rings. The molecule has 18 heavy (non-hydrogen) atoms. The van der Waals surface area contributed by atoms with Crippen LogP contribution in [0.25, 0.3) is 10.1 Å². The highest BCUT2D eigenvalue weighted by molar-refractivity contribution is 9.09. The number of ether oxygens (including phenoxy) is 1. The molecule has 0 amide bonds. The fourth-order valence-electron chi connectivity index (χ4n) is 2.31. The molecule has 1 fully saturated rings. The summed E-state index contributed by atoms with van der Waals surface area (Å²) in [5, 5.41) is 4.25. The third-order valence-corrected chi connectivity index (χ3v) is 4.91. The molecule has 96 valence electrons. The number of hydrogen-bond acceptors (Lipinski definition) is 4. The van der Waals surface area contributed by atoms with Crippen LogP contribution in [0.1, 0.15) is 6.92 Å². The first kappa shape index (κ1) is 12.4. The van der Waals surface area contributed by atoms with Crippen molar-refractivity contribution in [3.05, 3.63) is 23.7 Å². The first-order valence-corrected chi connectivity index (χ1v) is 8.06. The first-order chi connectivity index (χ1) is 8.79. The lowest BCUT2D eigenvalue weighted by atomic mass is 10.2. The Morgan fingerprint density at radius 3 is 3.28 bits per heavy atom. The maximum absolute atomic E-state index is 5.77. The van der Waals surface area contributed by atoms with Gasteiger partial charge in [0, 0.05) is 28.2 Å². The quantitative estimate of drug-likeness (QED) is 0.792. The van der Waals surface area contributed by atoms with Crippen LogP contribution in [0.5, 0.6) is 0 Å². The second-order valence-corrected chi connectivity index (χ2v) is 6.17. The molecule has 0 aromatic carbocycles. The van der Waals surface area contributed by atoms with Gasteiger partial charge in [0.05, 0.1) is 18.8 Å². The second kappa shape index (κ2) is 5.15. The lowest BCUT2D eigenvalue weighted by Crippen LogP contribution is -2.49. The predicted molar refractivity (Wildman–Crippen MR) is 80.0 cm³/mol. The Morgan fingerprint density at radius 2 is 2.44 bits per heavy atom. The molecule has 3 nitrogen and oxygen atoms in total. The summed E-state index contributed by atoms with van der Waals surface area (Å²) in [4.78, 5) is 6.95. The van der Waals surface area contributed by atoms with Gasteiger partial charge in [-0.1, -0.05) is 15.9 Å². The zero-order chi connectivity index (χ0) is 12.5. The van der Waals surface area contributed by atoms with E-state index in [1.54, 1.807) is 11.3 Å². The summed E-state index contributed by atoms with van der Waals surface area (Å²) in [5.41, 5.74) is 0. The van der Waals surface area contributed by atoms with E-state index in [-0.39, 0.29) is 6.10 Å². The molecule has 2 atom stereocenters. The van der Waals surface area contributed by atoms with Gasteiger partial charge in [-0.25, -0.2) is 4.98 Å². The average molecular weight is 327 g/mol. The van der Waals surface area contributed by atoms with Gasteiger partial charge in [0.2, 0.25) is 0 Å². The Balaban J connectivity index is 1.99. The second-order valence-electron chi connectivity index (χ2n) is 4.58. The highest BCUT2D eigenvalue weighted by Crippen LogP contribution is 2.31. The van der Waals surface area contributed by atoms with Crippen molar-refractivity contribution in [2.45, 2.75) is 19.1 Å². The SMILES string of the molecule is CC1COC(CBr)CN1c1nccc2sccc12. The molecule has 1 saturated heterocycles. The monoisotopic (exact) mass is 326 g/mol. The van der Waals surface area contributed by atoms with E-state index in [0.29, 0.717) is 6.04 Å². The largest absolute Gasteiger partial charge is 0.373 e. The summed E-state index contributed by atoms with van der Waals surface area (Å²) >= 11 is 5.27. The van der Waals surface area contributed by atoms with E-state index in [2.05, 4.69) is 50.3 Å². The number of aromatic nitrogens is 1. The Labute approximate surface area is 119 Å². The van der Waals surface area contributed by atoms with Crippen LogP contribution in [-0.4, -0.2) is 35.6 Å². The molecule has 0 saturated carbocycles. The van der Waals surface area contributed by atoms with E-state index in [1.807, 2.05) is 6.20 Å². The molecule has 0 bridgehead atoms. The zero-order valence-corrected chi connectivity index (χ0v) is 12.6. The van der Waals surface area contributed by atoms with E-state index in [9.17, 15) is 0 Å².